The first-order valence-electron chi connectivity index (χ1n) is 10.1. The highest BCUT2D eigenvalue weighted by atomic mass is 16.6. The van der Waals surface area contributed by atoms with Gasteiger partial charge in [-0.15, -0.1) is 0 Å². The Morgan fingerprint density at radius 2 is 1.59 bits per heavy atom. The van der Waals surface area contributed by atoms with Gasteiger partial charge in [-0.05, 0) is 63.2 Å². The van der Waals surface area contributed by atoms with E-state index in [0.29, 0.717) is 18.4 Å². The highest BCUT2D eigenvalue weighted by molar-refractivity contribution is 5.87. The first-order chi connectivity index (χ1) is 12.3. The zero-order valence-corrected chi connectivity index (χ0v) is 17.4. The number of rotatable bonds is 6. The summed E-state index contributed by atoms with van der Waals surface area (Å²) < 4.78 is 11.4. The maximum atomic E-state index is 12.8. The van der Waals surface area contributed by atoms with Crippen molar-refractivity contribution >= 4 is 11.9 Å². The van der Waals surface area contributed by atoms with Crippen molar-refractivity contribution in [3.05, 3.63) is 12.2 Å². The third-order valence-corrected chi connectivity index (χ3v) is 6.58. The van der Waals surface area contributed by atoms with E-state index in [0.717, 1.165) is 32.1 Å². The minimum atomic E-state index is -0.716. The Bertz CT molecular complexity index is 612. The molecule has 1 N–H and O–H groups in total. The summed E-state index contributed by atoms with van der Waals surface area (Å²) in [6, 6.07) is 0. The van der Waals surface area contributed by atoms with Crippen molar-refractivity contribution in [3.8, 4) is 0 Å². The van der Waals surface area contributed by atoms with Crippen LogP contribution in [-0.4, -0.2) is 34.4 Å². The maximum absolute atomic E-state index is 12.8. The van der Waals surface area contributed by atoms with Gasteiger partial charge in [0, 0.05) is 12.0 Å². The molecule has 0 saturated heterocycles. The Morgan fingerprint density at radius 1 is 1.04 bits per heavy atom. The van der Waals surface area contributed by atoms with Crippen molar-refractivity contribution in [1.82, 2.24) is 0 Å². The SMILES string of the molecule is C=C(C)C(=O)OC(C)CC(C)C(=O)OC12CC3(C)CC(C)(CC(O)(C3)C1)C2. The lowest BCUT2D eigenvalue weighted by molar-refractivity contribution is -0.261. The molecule has 4 rings (SSSR count). The van der Waals surface area contributed by atoms with Gasteiger partial charge in [0.1, 0.15) is 11.7 Å². The van der Waals surface area contributed by atoms with E-state index in [1.54, 1.807) is 13.8 Å². The average molecular weight is 379 g/mol. The Kier molecular flexibility index (Phi) is 4.78. The largest absolute Gasteiger partial charge is 0.459 e. The maximum Gasteiger partial charge on any atom is 0.333 e. The molecule has 4 saturated carbocycles. The van der Waals surface area contributed by atoms with Crippen molar-refractivity contribution < 1.29 is 24.2 Å². The van der Waals surface area contributed by atoms with E-state index in [1.807, 2.05) is 6.92 Å². The summed E-state index contributed by atoms with van der Waals surface area (Å²) in [5, 5.41) is 11.1. The Hall–Kier alpha value is -1.36. The number of ether oxygens (including phenoxy) is 2. The summed E-state index contributed by atoms with van der Waals surface area (Å²) in [4.78, 5) is 24.5. The summed E-state index contributed by atoms with van der Waals surface area (Å²) in [5.74, 6) is -1.07. The number of hydrogen-bond acceptors (Lipinski definition) is 5. The highest BCUT2D eigenvalue weighted by Gasteiger charge is 2.67. The van der Waals surface area contributed by atoms with E-state index in [1.165, 1.54) is 0 Å². The molecule has 0 amide bonds. The zero-order chi connectivity index (χ0) is 20.3. The molecular weight excluding hydrogens is 344 g/mol. The van der Waals surface area contributed by atoms with Gasteiger partial charge in [0.15, 0.2) is 0 Å². The Balaban J connectivity index is 1.65. The normalized spacial score (nSPS) is 41.7. The van der Waals surface area contributed by atoms with Crippen LogP contribution in [0.2, 0.25) is 0 Å². The van der Waals surface area contributed by atoms with Gasteiger partial charge in [-0.2, -0.15) is 0 Å². The summed E-state index contributed by atoms with van der Waals surface area (Å²) in [6.07, 6.45) is 4.93. The summed E-state index contributed by atoms with van der Waals surface area (Å²) in [7, 11) is 0. The van der Waals surface area contributed by atoms with E-state index in [2.05, 4.69) is 20.4 Å². The number of carbonyl (C=O) groups is 2. The molecular formula is C22H34O5. The monoisotopic (exact) mass is 378 g/mol. The molecule has 5 heteroatoms. The third-order valence-electron chi connectivity index (χ3n) is 6.58. The fraction of sp³-hybridized carbons (Fsp3) is 0.818. The van der Waals surface area contributed by atoms with E-state index >= 15 is 0 Å². The highest BCUT2D eigenvalue weighted by Crippen LogP contribution is 2.68. The van der Waals surface area contributed by atoms with Gasteiger partial charge in [0.25, 0.3) is 0 Å². The van der Waals surface area contributed by atoms with Gasteiger partial charge in [0.05, 0.1) is 11.5 Å². The minimum absolute atomic E-state index is 0.0338. The second-order valence-corrected chi connectivity index (χ2v) is 10.6. The van der Waals surface area contributed by atoms with Crippen molar-refractivity contribution in [3.63, 3.8) is 0 Å². The number of carbonyl (C=O) groups excluding carboxylic acids is 2. The van der Waals surface area contributed by atoms with Crippen LogP contribution in [-0.2, 0) is 19.1 Å². The van der Waals surface area contributed by atoms with Crippen LogP contribution >= 0.6 is 0 Å². The molecule has 0 spiro atoms. The van der Waals surface area contributed by atoms with Crippen molar-refractivity contribution in [2.75, 3.05) is 0 Å². The first kappa shape index (κ1) is 20.4. The molecule has 4 aliphatic carbocycles. The topological polar surface area (TPSA) is 72.8 Å². The standard InChI is InChI=1S/C22H34O5/c1-14(2)17(23)26-16(4)7-15(3)18(24)27-22-11-19(5)8-20(6,12-22)10-21(25,9-19)13-22/h15-16,25H,1,7-13H2,2-6H3. The first-order valence-corrected chi connectivity index (χ1v) is 10.1. The smallest absolute Gasteiger partial charge is 0.333 e. The Labute approximate surface area is 162 Å². The molecule has 0 aromatic heterocycles. The molecule has 4 aliphatic rings. The van der Waals surface area contributed by atoms with Crippen LogP contribution in [0.3, 0.4) is 0 Å². The van der Waals surface area contributed by atoms with Crippen LogP contribution in [0.1, 0.15) is 79.6 Å². The van der Waals surface area contributed by atoms with Crippen molar-refractivity contribution in [2.45, 2.75) is 96.9 Å². The molecule has 4 bridgehead atoms. The molecule has 4 atom stereocenters. The quantitative estimate of drug-likeness (QED) is 0.560. The summed E-state index contributed by atoms with van der Waals surface area (Å²) >= 11 is 0. The second kappa shape index (κ2) is 6.33. The Morgan fingerprint density at radius 3 is 2.07 bits per heavy atom. The molecule has 152 valence electrons. The fourth-order valence-electron chi connectivity index (χ4n) is 6.87. The van der Waals surface area contributed by atoms with Gasteiger partial charge in [-0.3, -0.25) is 4.79 Å². The minimum Gasteiger partial charge on any atom is -0.459 e. The number of hydrogen-bond donors (Lipinski definition) is 1. The fourth-order valence-corrected chi connectivity index (χ4v) is 6.87. The molecule has 4 unspecified atom stereocenters. The van der Waals surface area contributed by atoms with Gasteiger partial charge in [-0.1, -0.05) is 27.4 Å². The van der Waals surface area contributed by atoms with E-state index < -0.39 is 17.2 Å². The molecule has 0 radical (unpaired) electrons. The third kappa shape index (κ3) is 4.08. The van der Waals surface area contributed by atoms with E-state index in [4.69, 9.17) is 9.47 Å². The summed E-state index contributed by atoms with van der Waals surface area (Å²) in [5.41, 5.74) is -0.861. The molecule has 0 heterocycles. The number of aliphatic hydroxyl groups is 1. The van der Waals surface area contributed by atoms with Crippen molar-refractivity contribution in [1.29, 1.82) is 0 Å². The van der Waals surface area contributed by atoms with Crippen LogP contribution in [0.15, 0.2) is 12.2 Å². The van der Waals surface area contributed by atoms with E-state index in [-0.39, 0.29) is 28.8 Å². The molecule has 4 fully saturated rings. The number of esters is 2. The van der Waals surface area contributed by atoms with Crippen LogP contribution in [0.5, 0.6) is 0 Å². The van der Waals surface area contributed by atoms with Crippen LogP contribution in [0.4, 0.5) is 0 Å². The predicted molar refractivity (Wildman–Crippen MR) is 102 cm³/mol. The van der Waals surface area contributed by atoms with Crippen LogP contribution < -0.4 is 0 Å². The molecule has 0 aromatic rings. The molecule has 27 heavy (non-hydrogen) atoms. The summed E-state index contributed by atoms with van der Waals surface area (Å²) in [6.45, 7) is 13.2. The predicted octanol–water partition coefficient (Wildman–Crippen LogP) is 3.93. The average Bonchev–Trinajstić information content (AvgIpc) is 2.40. The van der Waals surface area contributed by atoms with Gasteiger partial charge >= 0.3 is 11.9 Å². The van der Waals surface area contributed by atoms with Gasteiger partial charge in [-0.25, -0.2) is 4.79 Å². The molecule has 5 nitrogen and oxygen atoms in total. The van der Waals surface area contributed by atoms with Gasteiger partial charge in [0.2, 0.25) is 0 Å². The second-order valence-electron chi connectivity index (χ2n) is 10.6. The lowest BCUT2D eigenvalue weighted by atomic mass is 9.42. The molecule has 0 aliphatic heterocycles. The van der Waals surface area contributed by atoms with Crippen LogP contribution in [0, 0.1) is 16.7 Å². The lowest BCUT2D eigenvalue weighted by Crippen LogP contribution is -2.66. The lowest BCUT2D eigenvalue weighted by Gasteiger charge is -2.67. The van der Waals surface area contributed by atoms with Crippen molar-refractivity contribution in [2.24, 2.45) is 16.7 Å². The van der Waals surface area contributed by atoms with Gasteiger partial charge < -0.3 is 14.6 Å². The zero-order valence-electron chi connectivity index (χ0n) is 17.4. The van der Waals surface area contributed by atoms with E-state index in [9.17, 15) is 14.7 Å². The van der Waals surface area contributed by atoms with Crippen LogP contribution in [0.25, 0.3) is 0 Å². The molecule has 0 aromatic carbocycles.